The van der Waals surface area contributed by atoms with Crippen molar-refractivity contribution in [2.75, 3.05) is 10.7 Å². The first kappa shape index (κ1) is 10.4. The van der Waals surface area contributed by atoms with Crippen molar-refractivity contribution in [2.24, 2.45) is 5.84 Å². The lowest BCUT2D eigenvalue weighted by molar-refractivity contribution is 1.23. The minimum absolute atomic E-state index is 0.637. The molecule has 0 unspecified atom stereocenters. The van der Waals surface area contributed by atoms with E-state index in [1.54, 1.807) is 6.20 Å². The number of hydrogen-bond acceptors (Lipinski definition) is 4. The maximum absolute atomic E-state index is 5.30. The summed E-state index contributed by atoms with van der Waals surface area (Å²) < 4.78 is 0. The molecule has 2 rings (SSSR count). The van der Waals surface area contributed by atoms with Gasteiger partial charge in [0.2, 0.25) is 0 Å². The van der Waals surface area contributed by atoms with E-state index in [9.17, 15) is 0 Å². The van der Waals surface area contributed by atoms with Crippen LogP contribution in [0.4, 0.5) is 17.2 Å². The molecule has 0 fully saturated rings. The van der Waals surface area contributed by atoms with E-state index in [0.717, 1.165) is 11.4 Å². The van der Waals surface area contributed by atoms with Crippen LogP contribution in [0.15, 0.2) is 42.6 Å². The first-order valence-electron chi connectivity index (χ1n) is 5.04. The predicted molar refractivity (Wildman–Crippen MR) is 66.5 cm³/mol. The number of pyridine rings is 1. The summed E-state index contributed by atoms with van der Waals surface area (Å²) in [6.07, 6.45) is 1.70. The molecule has 82 valence electrons. The molecule has 16 heavy (non-hydrogen) atoms. The van der Waals surface area contributed by atoms with Crippen LogP contribution in [-0.4, -0.2) is 4.98 Å². The maximum Gasteiger partial charge on any atom is 0.141 e. The van der Waals surface area contributed by atoms with E-state index in [-0.39, 0.29) is 0 Å². The normalized spacial score (nSPS) is 9.88. The van der Waals surface area contributed by atoms with Gasteiger partial charge in [-0.05, 0) is 30.7 Å². The second-order valence-electron chi connectivity index (χ2n) is 3.57. The van der Waals surface area contributed by atoms with Crippen molar-refractivity contribution in [1.82, 2.24) is 4.98 Å². The van der Waals surface area contributed by atoms with Crippen LogP contribution < -0.4 is 16.6 Å². The molecule has 0 aliphatic heterocycles. The fraction of sp³-hybridized carbons (Fsp3) is 0.0833. The number of hydrogen-bond donors (Lipinski definition) is 3. The largest absolute Gasteiger partial charge is 0.355 e. The second-order valence-corrected chi connectivity index (χ2v) is 3.57. The monoisotopic (exact) mass is 214 g/mol. The van der Waals surface area contributed by atoms with Gasteiger partial charge in [-0.25, -0.2) is 10.8 Å². The lowest BCUT2D eigenvalue weighted by Crippen LogP contribution is -2.08. The first-order chi connectivity index (χ1) is 7.78. The SMILES string of the molecule is Cc1cccc(Nc2ccnc(NN)c2)c1. The Hall–Kier alpha value is -2.07. The summed E-state index contributed by atoms with van der Waals surface area (Å²) in [5.74, 6) is 5.93. The molecular formula is C12H14N4. The van der Waals surface area contributed by atoms with Gasteiger partial charge in [-0.1, -0.05) is 12.1 Å². The smallest absolute Gasteiger partial charge is 0.141 e. The highest BCUT2D eigenvalue weighted by atomic mass is 15.2. The zero-order valence-corrected chi connectivity index (χ0v) is 9.07. The Morgan fingerprint density at radius 2 is 1.94 bits per heavy atom. The number of benzene rings is 1. The number of aromatic nitrogens is 1. The molecule has 0 aliphatic rings. The molecule has 2 aromatic rings. The zero-order valence-electron chi connectivity index (χ0n) is 9.07. The van der Waals surface area contributed by atoms with Gasteiger partial charge in [-0.2, -0.15) is 0 Å². The van der Waals surface area contributed by atoms with Crippen molar-refractivity contribution in [3.8, 4) is 0 Å². The van der Waals surface area contributed by atoms with E-state index in [4.69, 9.17) is 5.84 Å². The van der Waals surface area contributed by atoms with Gasteiger partial charge in [-0.15, -0.1) is 0 Å². The predicted octanol–water partition coefficient (Wildman–Crippen LogP) is 2.42. The summed E-state index contributed by atoms with van der Waals surface area (Å²) in [6, 6.07) is 11.9. The van der Waals surface area contributed by atoms with Gasteiger partial charge in [0.15, 0.2) is 0 Å². The summed E-state index contributed by atoms with van der Waals surface area (Å²) in [4.78, 5) is 4.04. The van der Waals surface area contributed by atoms with Crippen LogP contribution in [-0.2, 0) is 0 Å². The van der Waals surface area contributed by atoms with Crippen molar-refractivity contribution < 1.29 is 0 Å². The third-order valence-electron chi connectivity index (χ3n) is 2.21. The summed E-state index contributed by atoms with van der Waals surface area (Å²) in [5.41, 5.74) is 5.73. The van der Waals surface area contributed by atoms with E-state index in [2.05, 4.69) is 34.8 Å². The second kappa shape index (κ2) is 4.63. The molecule has 0 saturated heterocycles. The molecule has 0 atom stereocenters. The van der Waals surface area contributed by atoms with Crippen LogP contribution in [0.3, 0.4) is 0 Å². The first-order valence-corrected chi connectivity index (χ1v) is 5.04. The molecular weight excluding hydrogens is 200 g/mol. The standard InChI is InChI=1S/C12H14N4/c1-9-3-2-4-10(7-9)15-11-5-6-14-12(8-11)16-13/h2-8H,13H2,1H3,(H2,14,15,16). The van der Waals surface area contributed by atoms with Crippen LogP contribution in [0.2, 0.25) is 0 Å². The average molecular weight is 214 g/mol. The van der Waals surface area contributed by atoms with Gasteiger partial charge in [0.05, 0.1) is 0 Å². The highest BCUT2D eigenvalue weighted by Gasteiger charge is 1.96. The number of nitrogens with one attached hydrogen (secondary N) is 2. The van der Waals surface area contributed by atoms with Gasteiger partial charge < -0.3 is 10.7 Å². The third-order valence-corrected chi connectivity index (χ3v) is 2.21. The molecule has 4 heteroatoms. The van der Waals surface area contributed by atoms with Crippen molar-refractivity contribution in [1.29, 1.82) is 0 Å². The van der Waals surface area contributed by atoms with Gasteiger partial charge >= 0.3 is 0 Å². The van der Waals surface area contributed by atoms with Crippen molar-refractivity contribution >= 4 is 17.2 Å². The Kier molecular flexibility index (Phi) is 3.03. The average Bonchev–Trinajstić information content (AvgIpc) is 2.29. The van der Waals surface area contributed by atoms with Crippen LogP contribution in [0.25, 0.3) is 0 Å². The van der Waals surface area contributed by atoms with Crippen LogP contribution >= 0.6 is 0 Å². The van der Waals surface area contributed by atoms with Crippen molar-refractivity contribution in [3.63, 3.8) is 0 Å². The minimum atomic E-state index is 0.637. The van der Waals surface area contributed by atoms with Gasteiger partial charge in [0.1, 0.15) is 5.82 Å². The van der Waals surface area contributed by atoms with Crippen LogP contribution in [0.5, 0.6) is 0 Å². The Balaban J connectivity index is 2.20. The topological polar surface area (TPSA) is 63.0 Å². The molecule has 0 bridgehead atoms. The molecule has 0 saturated carbocycles. The number of hydrazine groups is 1. The number of nitrogens with zero attached hydrogens (tertiary/aromatic N) is 1. The number of rotatable bonds is 3. The Labute approximate surface area is 94.5 Å². The molecule has 0 spiro atoms. The molecule has 0 amide bonds. The van der Waals surface area contributed by atoms with Gasteiger partial charge in [0.25, 0.3) is 0 Å². The molecule has 0 aliphatic carbocycles. The van der Waals surface area contributed by atoms with E-state index < -0.39 is 0 Å². The van der Waals surface area contributed by atoms with E-state index in [1.807, 2.05) is 24.3 Å². The van der Waals surface area contributed by atoms with Gasteiger partial charge in [0, 0.05) is 23.6 Å². The lowest BCUT2D eigenvalue weighted by Gasteiger charge is -2.08. The molecule has 4 N–H and O–H groups in total. The van der Waals surface area contributed by atoms with E-state index >= 15 is 0 Å². The zero-order chi connectivity index (χ0) is 11.4. The molecule has 1 heterocycles. The summed E-state index contributed by atoms with van der Waals surface area (Å²) >= 11 is 0. The Morgan fingerprint density at radius 1 is 1.12 bits per heavy atom. The number of nitrogen functional groups attached to an aromatic ring is 1. The highest BCUT2D eigenvalue weighted by Crippen LogP contribution is 2.18. The minimum Gasteiger partial charge on any atom is -0.355 e. The van der Waals surface area contributed by atoms with E-state index in [0.29, 0.717) is 5.82 Å². The third kappa shape index (κ3) is 2.49. The molecule has 1 aromatic carbocycles. The van der Waals surface area contributed by atoms with Crippen molar-refractivity contribution in [2.45, 2.75) is 6.92 Å². The maximum atomic E-state index is 5.30. The Morgan fingerprint density at radius 3 is 2.69 bits per heavy atom. The number of nitrogens with two attached hydrogens (primary N) is 1. The summed E-state index contributed by atoms with van der Waals surface area (Å²) in [5, 5.41) is 3.28. The van der Waals surface area contributed by atoms with E-state index in [1.165, 1.54) is 5.56 Å². The fourth-order valence-corrected chi connectivity index (χ4v) is 1.48. The van der Waals surface area contributed by atoms with Crippen LogP contribution in [0, 0.1) is 6.92 Å². The molecule has 0 radical (unpaired) electrons. The molecule has 4 nitrogen and oxygen atoms in total. The lowest BCUT2D eigenvalue weighted by atomic mass is 10.2. The number of anilines is 3. The summed E-state index contributed by atoms with van der Waals surface area (Å²) in [7, 11) is 0. The highest BCUT2D eigenvalue weighted by molar-refractivity contribution is 5.62. The number of aryl methyl sites for hydroxylation is 1. The summed E-state index contributed by atoms with van der Waals surface area (Å²) in [6.45, 7) is 2.06. The van der Waals surface area contributed by atoms with Crippen LogP contribution in [0.1, 0.15) is 5.56 Å². The van der Waals surface area contributed by atoms with Crippen molar-refractivity contribution in [3.05, 3.63) is 48.2 Å². The fourth-order valence-electron chi connectivity index (χ4n) is 1.48. The quantitative estimate of drug-likeness (QED) is 0.542. The molecule has 1 aromatic heterocycles. The van der Waals surface area contributed by atoms with Gasteiger partial charge in [-0.3, -0.25) is 0 Å². The Bertz CT molecular complexity index is 482.